The van der Waals surface area contributed by atoms with E-state index in [1.807, 2.05) is 6.92 Å². The summed E-state index contributed by atoms with van der Waals surface area (Å²) >= 11 is 0. The molecule has 0 aromatic heterocycles. The number of hydrogen-bond donors (Lipinski definition) is 2. The standard InChI is InChI=1S/C18H25NO/c1-14(2)11-18(3,20)13-19-12-15-8-9-16-6-4-5-7-17(16)10-15/h4-10,14,19-20H,11-13H2,1-3H3. The van der Waals surface area contributed by atoms with Gasteiger partial charge in [0.2, 0.25) is 0 Å². The third kappa shape index (κ3) is 4.32. The van der Waals surface area contributed by atoms with Crippen LogP contribution in [0.4, 0.5) is 0 Å². The fourth-order valence-electron chi connectivity index (χ4n) is 2.78. The lowest BCUT2D eigenvalue weighted by Crippen LogP contribution is -2.38. The SMILES string of the molecule is CC(C)CC(C)(O)CNCc1ccc2ccccc2c1. The molecule has 2 N–H and O–H groups in total. The van der Waals surface area contributed by atoms with Gasteiger partial charge in [0, 0.05) is 13.1 Å². The van der Waals surface area contributed by atoms with E-state index in [1.54, 1.807) is 0 Å². The Bertz CT molecular complexity index is 560. The van der Waals surface area contributed by atoms with Crippen molar-refractivity contribution in [3.8, 4) is 0 Å². The van der Waals surface area contributed by atoms with Crippen LogP contribution in [0.15, 0.2) is 42.5 Å². The van der Waals surface area contributed by atoms with Crippen molar-refractivity contribution in [2.75, 3.05) is 6.54 Å². The van der Waals surface area contributed by atoms with E-state index in [4.69, 9.17) is 0 Å². The zero-order chi connectivity index (χ0) is 14.6. The highest BCUT2D eigenvalue weighted by Gasteiger charge is 2.20. The molecule has 1 atom stereocenters. The first-order valence-electron chi connectivity index (χ1n) is 7.37. The highest BCUT2D eigenvalue weighted by Crippen LogP contribution is 2.17. The Labute approximate surface area is 121 Å². The molecule has 0 heterocycles. The molecule has 1 unspecified atom stereocenters. The first kappa shape index (κ1) is 15.0. The maximum absolute atomic E-state index is 10.3. The number of nitrogens with one attached hydrogen (secondary N) is 1. The van der Waals surface area contributed by atoms with Gasteiger partial charge in [-0.2, -0.15) is 0 Å². The molecule has 2 heteroatoms. The van der Waals surface area contributed by atoms with Crippen molar-refractivity contribution >= 4 is 10.8 Å². The summed E-state index contributed by atoms with van der Waals surface area (Å²) in [5, 5.41) is 16.2. The first-order valence-corrected chi connectivity index (χ1v) is 7.37. The van der Waals surface area contributed by atoms with Crippen LogP contribution in [0.25, 0.3) is 10.8 Å². The minimum Gasteiger partial charge on any atom is -0.389 e. The molecule has 0 aliphatic carbocycles. The summed E-state index contributed by atoms with van der Waals surface area (Å²) < 4.78 is 0. The number of hydrogen-bond acceptors (Lipinski definition) is 2. The van der Waals surface area contributed by atoms with Crippen LogP contribution in [0.5, 0.6) is 0 Å². The van der Waals surface area contributed by atoms with Crippen LogP contribution in [0.2, 0.25) is 0 Å². The van der Waals surface area contributed by atoms with Crippen LogP contribution in [-0.4, -0.2) is 17.3 Å². The number of fused-ring (bicyclic) bond motifs is 1. The summed E-state index contributed by atoms with van der Waals surface area (Å²) in [6, 6.07) is 14.9. The van der Waals surface area contributed by atoms with Gasteiger partial charge in [0.25, 0.3) is 0 Å². The lowest BCUT2D eigenvalue weighted by atomic mass is 9.94. The summed E-state index contributed by atoms with van der Waals surface area (Å²) in [5.41, 5.74) is 0.620. The van der Waals surface area contributed by atoms with E-state index >= 15 is 0 Å². The van der Waals surface area contributed by atoms with E-state index in [1.165, 1.54) is 16.3 Å². The largest absolute Gasteiger partial charge is 0.389 e. The van der Waals surface area contributed by atoms with Crippen molar-refractivity contribution in [3.63, 3.8) is 0 Å². The van der Waals surface area contributed by atoms with Crippen molar-refractivity contribution in [2.24, 2.45) is 5.92 Å². The second kappa shape index (κ2) is 6.38. The average Bonchev–Trinajstić information content (AvgIpc) is 2.37. The molecule has 0 aliphatic rings. The quantitative estimate of drug-likeness (QED) is 0.839. The molecule has 0 radical (unpaired) electrons. The Morgan fingerprint density at radius 2 is 1.80 bits per heavy atom. The van der Waals surface area contributed by atoms with Crippen LogP contribution in [-0.2, 0) is 6.54 Å². The number of aliphatic hydroxyl groups is 1. The van der Waals surface area contributed by atoms with Crippen molar-refractivity contribution in [1.29, 1.82) is 0 Å². The van der Waals surface area contributed by atoms with Gasteiger partial charge in [-0.1, -0.05) is 50.2 Å². The lowest BCUT2D eigenvalue weighted by molar-refractivity contribution is 0.0383. The third-order valence-corrected chi connectivity index (χ3v) is 3.50. The molecule has 2 aromatic carbocycles. The monoisotopic (exact) mass is 271 g/mol. The molecule has 20 heavy (non-hydrogen) atoms. The van der Waals surface area contributed by atoms with E-state index in [0.29, 0.717) is 12.5 Å². The smallest absolute Gasteiger partial charge is 0.0746 e. The van der Waals surface area contributed by atoms with E-state index in [2.05, 4.69) is 61.6 Å². The lowest BCUT2D eigenvalue weighted by Gasteiger charge is -2.25. The maximum Gasteiger partial charge on any atom is 0.0746 e. The molecule has 0 saturated carbocycles. The molecule has 0 amide bonds. The predicted molar refractivity (Wildman–Crippen MR) is 85.7 cm³/mol. The van der Waals surface area contributed by atoms with Gasteiger partial charge in [-0.3, -0.25) is 0 Å². The molecule has 0 aliphatic heterocycles. The minimum atomic E-state index is -0.634. The Morgan fingerprint density at radius 1 is 1.10 bits per heavy atom. The summed E-state index contributed by atoms with van der Waals surface area (Å²) in [6.45, 7) is 7.59. The topological polar surface area (TPSA) is 32.3 Å². The molecule has 0 spiro atoms. The zero-order valence-electron chi connectivity index (χ0n) is 12.7. The molecular formula is C18H25NO. The molecule has 0 fully saturated rings. The Balaban J connectivity index is 1.92. The maximum atomic E-state index is 10.3. The van der Waals surface area contributed by atoms with Crippen LogP contribution in [0, 0.1) is 5.92 Å². The van der Waals surface area contributed by atoms with Gasteiger partial charge in [0.05, 0.1) is 5.60 Å². The zero-order valence-corrected chi connectivity index (χ0v) is 12.7. The van der Waals surface area contributed by atoms with Crippen molar-refractivity contribution in [1.82, 2.24) is 5.32 Å². The Kier molecular flexibility index (Phi) is 4.79. The molecule has 2 rings (SSSR count). The molecule has 2 aromatic rings. The normalized spacial score (nSPS) is 14.7. The molecule has 0 bridgehead atoms. The van der Waals surface area contributed by atoms with Crippen LogP contribution >= 0.6 is 0 Å². The second-order valence-corrected chi connectivity index (χ2v) is 6.38. The Hall–Kier alpha value is -1.38. The Morgan fingerprint density at radius 3 is 2.50 bits per heavy atom. The van der Waals surface area contributed by atoms with Gasteiger partial charge >= 0.3 is 0 Å². The third-order valence-electron chi connectivity index (χ3n) is 3.50. The second-order valence-electron chi connectivity index (χ2n) is 6.38. The van der Waals surface area contributed by atoms with Crippen LogP contribution < -0.4 is 5.32 Å². The van der Waals surface area contributed by atoms with Gasteiger partial charge in [-0.05, 0) is 41.7 Å². The van der Waals surface area contributed by atoms with Gasteiger partial charge in [-0.25, -0.2) is 0 Å². The molecular weight excluding hydrogens is 246 g/mol. The fourth-order valence-corrected chi connectivity index (χ4v) is 2.78. The first-order chi connectivity index (χ1) is 9.46. The van der Waals surface area contributed by atoms with E-state index < -0.39 is 5.60 Å². The van der Waals surface area contributed by atoms with Crippen molar-refractivity contribution in [3.05, 3.63) is 48.0 Å². The predicted octanol–water partition coefficient (Wildman–Crippen LogP) is 3.73. The number of benzene rings is 2. The van der Waals surface area contributed by atoms with Crippen LogP contribution in [0.3, 0.4) is 0 Å². The summed E-state index contributed by atoms with van der Waals surface area (Å²) in [4.78, 5) is 0. The molecule has 0 saturated heterocycles. The molecule has 108 valence electrons. The average molecular weight is 271 g/mol. The number of rotatable bonds is 6. The summed E-state index contributed by atoms with van der Waals surface area (Å²) in [7, 11) is 0. The summed E-state index contributed by atoms with van der Waals surface area (Å²) in [6.07, 6.45) is 0.817. The fraction of sp³-hybridized carbons (Fsp3) is 0.444. The van der Waals surface area contributed by atoms with E-state index in [0.717, 1.165) is 13.0 Å². The minimum absolute atomic E-state index is 0.507. The van der Waals surface area contributed by atoms with Crippen molar-refractivity contribution < 1.29 is 5.11 Å². The highest BCUT2D eigenvalue weighted by atomic mass is 16.3. The van der Waals surface area contributed by atoms with Gasteiger partial charge < -0.3 is 10.4 Å². The molecule has 2 nitrogen and oxygen atoms in total. The van der Waals surface area contributed by atoms with Gasteiger partial charge in [0.15, 0.2) is 0 Å². The summed E-state index contributed by atoms with van der Waals surface area (Å²) in [5.74, 6) is 0.507. The van der Waals surface area contributed by atoms with E-state index in [-0.39, 0.29) is 0 Å². The van der Waals surface area contributed by atoms with E-state index in [9.17, 15) is 5.11 Å². The van der Waals surface area contributed by atoms with Crippen molar-refractivity contribution in [2.45, 2.75) is 39.3 Å². The highest BCUT2D eigenvalue weighted by molar-refractivity contribution is 5.82. The van der Waals surface area contributed by atoms with Gasteiger partial charge in [-0.15, -0.1) is 0 Å². The van der Waals surface area contributed by atoms with Crippen LogP contribution in [0.1, 0.15) is 32.8 Å². The van der Waals surface area contributed by atoms with Gasteiger partial charge in [0.1, 0.15) is 0 Å².